The molecule has 2 aromatic carbocycles. The van der Waals surface area contributed by atoms with Crippen LogP contribution in [0.5, 0.6) is 5.75 Å². The third-order valence-electron chi connectivity index (χ3n) is 5.20. The molecule has 1 saturated heterocycles. The Kier molecular flexibility index (Phi) is 8.44. The first-order chi connectivity index (χ1) is 15.0. The Hall–Kier alpha value is -2.90. The number of ether oxygens (including phenoxy) is 2. The number of morpholine rings is 1. The van der Waals surface area contributed by atoms with Gasteiger partial charge in [-0.25, -0.2) is 0 Å². The van der Waals surface area contributed by atoms with Crippen LogP contribution in [0.1, 0.15) is 27.9 Å². The molecule has 1 heterocycles. The molecule has 1 aliphatic rings. The van der Waals surface area contributed by atoms with Gasteiger partial charge in [0.1, 0.15) is 18.8 Å². The maximum absolute atomic E-state index is 12.6. The van der Waals surface area contributed by atoms with E-state index in [1.807, 2.05) is 32.0 Å². The maximum Gasteiger partial charge on any atom is 0.262 e. The van der Waals surface area contributed by atoms with E-state index in [1.54, 1.807) is 24.3 Å². The first kappa shape index (κ1) is 22.8. The lowest BCUT2D eigenvalue weighted by Crippen LogP contribution is -3.14. The van der Waals surface area contributed by atoms with E-state index in [2.05, 4.69) is 10.6 Å². The number of para-hydroxylation sites is 1. The first-order valence-corrected chi connectivity index (χ1v) is 10.8. The SMILES string of the molecule is Cc1cc(C)cc(OCC(=O)Nc2ccccc2C(=O)NCCC[NH+]2CCOCC2)c1. The lowest BCUT2D eigenvalue weighted by atomic mass is 10.1. The van der Waals surface area contributed by atoms with Gasteiger partial charge in [-0.05, 0) is 49.2 Å². The third-order valence-corrected chi connectivity index (χ3v) is 5.20. The molecule has 0 atom stereocenters. The molecule has 0 bridgehead atoms. The number of benzene rings is 2. The molecule has 2 amide bonds. The third kappa shape index (κ3) is 7.38. The maximum atomic E-state index is 12.6. The van der Waals surface area contributed by atoms with E-state index in [1.165, 1.54) is 4.90 Å². The van der Waals surface area contributed by atoms with Gasteiger partial charge in [0.15, 0.2) is 6.61 Å². The monoisotopic (exact) mass is 426 g/mol. The number of quaternary nitrogens is 1. The Bertz CT molecular complexity index is 874. The van der Waals surface area contributed by atoms with Crippen molar-refractivity contribution >= 4 is 17.5 Å². The minimum absolute atomic E-state index is 0.124. The van der Waals surface area contributed by atoms with Gasteiger partial charge in [-0.15, -0.1) is 0 Å². The molecule has 0 aliphatic carbocycles. The van der Waals surface area contributed by atoms with Gasteiger partial charge in [-0.2, -0.15) is 0 Å². The summed E-state index contributed by atoms with van der Waals surface area (Å²) in [5, 5.41) is 5.75. The predicted octanol–water partition coefficient (Wildman–Crippen LogP) is 1.36. The zero-order chi connectivity index (χ0) is 22.1. The van der Waals surface area contributed by atoms with Gasteiger partial charge < -0.3 is 25.0 Å². The highest BCUT2D eigenvalue weighted by Gasteiger charge is 2.15. The summed E-state index contributed by atoms with van der Waals surface area (Å²) in [4.78, 5) is 26.5. The minimum Gasteiger partial charge on any atom is -0.484 e. The number of nitrogens with one attached hydrogen (secondary N) is 3. The van der Waals surface area contributed by atoms with Gasteiger partial charge in [0.05, 0.1) is 31.0 Å². The highest BCUT2D eigenvalue weighted by atomic mass is 16.5. The Morgan fingerprint density at radius 2 is 1.77 bits per heavy atom. The molecule has 166 valence electrons. The van der Waals surface area contributed by atoms with E-state index >= 15 is 0 Å². The lowest BCUT2D eigenvalue weighted by molar-refractivity contribution is -0.908. The number of hydrogen-bond donors (Lipinski definition) is 3. The standard InChI is InChI=1S/C24H31N3O4/c1-18-14-19(2)16-20(15-18)31-17-23(28)26-22-7-4-3-6-21(22)24(29)25-8-5-9-27-10-12-30-13-11-27/h3-4,6-7,14-16H,5,8-13,17H2,1-2H3,(H,25,29)(H,26,28)/p+1. The number of anilines is 1. The van der Waals surface area contributed by atoms with Crippen LogP contribution in [0.2, 0.25) is 0 Å². The van der Waals surface area contributed by atoms with Crippen LogP contribution in [0.4, 0.5) is 5.69 Å². The molecule has 2 aromatic rings. The fourth-order valence-corrected chi connectivity index (χ4v) is 3.69. The Balaban J connectivity index is 1.48. The van der Waals surface area contributed by atoms with Crippen molar-refractivity contribution in [2.45, 2.75) is 20.3 Å². The van der Waals surface area contributed by atoms with E-state index in [-0.39, 0.29) is 18.4 Å². The summed E-state index contributed by atoms with van der Waals surface area (Å²) in [6.45, 7) is 9.11. The molecule has 31 heavy (non-hydrogen) atoms. The van der Waals surface area contributed by atoms with Crippen LogP contribution in [-0.4, -0.2) is 57.8 Å². The highest BCUT2D eigenvalue weighted by Crippen LogP contribution is 2.17. The Labute approximate surface area is 183 Å². The molecule has 0 aromatic heterocycles. The number of aryl methyl sites for hydroxylation is 2. The van der Waals surface area contributed by atoms with Crippen molar-refractivity contribution in [2.24, 2.45) is 0 Å². The van der Waals surface area contributed by atoms with Crippen molar-refractivity contribution in [2.75, 3.05) is 51.3 Å². The van der Waals surface area contributed by atoms with E-state index in [0.717, 1.165) is 50.4 Å². The number of rotatable bonds is 9. The van der Waals surface area contributed by atoms with Gasteiger partial charge in [0.2, 0.25) is 0 Å². The second-order valence-electron chi connectivity index (χ2n) is 7.93. The molecule has 1 aliphatic heterocycles. The quantitative estimate of drug-likeness (QED) is 0.529. The van der Waals surface area contributed by atoms with Gasteiger partial charge in [0, 0.05) is 13.0 Å². The number of amides is 2. The van der Waals surface area contributed by atoms with Gasteiger partial charge >= 0.3 is 0 Å². The van der Waals surface area contributed by atoms with Crippen LogP contribution in [0.3, 0.4) is 0 Å². The van der Waals surface area contributed by atoms with Gasteiger partial charge in [0.25, 0.3) is 11.8 Å². The summed E-state index contributed by atoms with van der Waals surface area (Å²) in [6.07, 6.45) is 0.902. The van der Waals surface area contributed by atoms with Crippen LogP contribution in [0, 0.1) is 13.8 Å². The highest BCUT2D eigenvalue weighted by molar-refractivity contribution is 6.04. The van der Waals surface area contributed by atoms with E-state index in [4.69, 9.17) is 9.47 Å². The molecule has 0 spiro atoms. The van der Waals surface area contributed by atoms with Crippen LogP contribution in [-0.2, 0) is 9.53 Å². The number of carbonyl (C=O) groups is 2. The normalized spacial score (nSPS) is 14.1. The van der Waals surface area contributed by atoms with Crippen LogP contribution < -0.4 is 20.3 Å². The largest absolute Gasteiger partial charge is 0.484 e. The second kappa shape index (κ2) is 11.5. The van der Waals surface area contributed by atoms with Crippen molar-refractivity contribution in [1.29, 1.82) is 0 Å². The molecule has 1 fully saturated rings. The van der Waals surface area contributed by atoms with E-state index < -0.39 is 0 Å². The van der Waals surface area contributed by atoms with Crippen molar-refractivity contribution in [3.8, 4) is 5.75 Å². The Morgan fingerprint density at radius 1 is 1.06 bits per heavy atom. The summed E-state index contributed by atoms with van der Waals surface area (Å²) in [6, 6.07) is 12.8. The molecular formula is C24H32N3O4+. The zero-order valence-electron chi connectivity index (χ0n) is 18.3. The average molecular weight is 427 g/mol. The van der Waals surface area contributed by atoms with E-state index in [9.17, 15) is 9.59 Å². The van der Waals surface area contributed by atoms with Crippen LogP contribution >= 0.6 is 0 Å². The minimum atomic E-state index is -0.310. The van der Waals surface area contributed by atoms with Crippen molar-refractivity contribution in [3.63, 3.8) is 0 Å². The summed E-state index contributed by atoms with van der Waals surface area (Å²) >= 11 is 0. The Morgan fingerprint density at radius 3 is 2.52 bits per heavy atom. The van der Waals surface area contributed by atoms with Crippen molar-refractivity contribution in [1.82, 2.24) is 5.32 Å². The molecule has 0 radical (unpaired) electrons. The molecule has 0 saturated carbocycles. The summed E-state index contributed by atoms with van der Waals surface area (Å²) in [5.41, 5.74) is 3.08. The summed E-state index contributed by atoms with van der Waals surface area (Å²) in [7, 11) is 0. The van der Waals surface area contributed by atoms with Gasteiger partial charge in [-0.3, -0.25) is 9.59 Å². The van der Waals surface area contributed by atoms with Crippen LogP contribution in [0.25, 0.3) is 0 Å². The fourth-order valence-electron chi connectivity index (χ4n) is 3.69. The summed E-state index contributed by atoms with van der Waals surface area (Å²) in [5.74, 6) is 0.152. The topological polar surface area (TPSA) is 81.1 Å². The molecular weight excluding hydrogens is 394 g/mol. The van der Waals surface area contributed by atoms with E-state index in [0.29, 0.717) is 23.5 Å². The van der Waals surface area contributed by atoms with Gasteiger partial charge in [-0.1, -0.05) is 18.2 Å². The smallest absolute Gasteiger partial charge is 0.262 e. The second-order valence-corrected chi connectivity index (χ2v) is 7.93. The number of hydrogen-bond acceptors (Lipinski definition) is 4. The molecule has 0 unspecified atom stereocenters. The molecule has 3 N–H and O–H groups in total. The summed E-state index contributed by atoms with van der Waals surface area (Å²) < 4.78 is 11.0. The lowest BCUT2D eigenvalue weighted by Gasteiger charge is -2.23. The number of carbonyl (C=O) groups excluding carboxylic acids is 2. The first-order valence-electron chi connectivity index (χ1n) is 10.8. The fraction of sp³-hybridized carbons (Fsp3) is 0.417. The van der Waals surface area contributed by atoms with Crippen molar-refractivity contribution < 1.29 is 24.0 Å². The molecule has 7 heteroatoms. The molecule has 3 rings (SSSR count). The van der Waals surface area contributed by atoms with Crippen molar-refractivity contribution in [3.05, 3.63) is 59.2 Å². The molecule has 7 nitrogen and oxygen atoms in total. The zero-order valence-corrected chi connectivity index (χ0v) is 18.3. The predicted molar refractivity (Wildman–Crippen MR) is 120 cm³/mol. The average Bonchev–Trinajstić information content (AvgIpc) is 2.76. The van der Waals surface area contributed by atoms with Crippen LogP contribution in [0.15, 0.2) is 42.5 Å².